The summed E-state index contributed by atoms with van der Waals surface area (Å²) >= 11 is 0. The quantitative estimate of drug-likeness (QED) is 0.643. The third kappa shape index (κ3) is 3.04. The molecule has 26 heavy (non-hydrogen) atoms. The van der Waals surface area contributed by atoms with Crippen molar-refractivity contribution in [3.8, 4) is 11.5 Å². The predicted molar refractivity (Wildman–Crippen MR) is 96.1 cm³/mol. The van der Waals surface area contributed by atoms with E-state index in [1.807, 2.05) is 30.3 Å². The van der Waals surface area contributed by atoms with Crippen LogP contribution in [-0.2, 0) is 4.79 Å². The lowest BCUT2D eigenvalue weighted by atomic mass is 10.2. The maximum absolute atomic E-state index is 11.2. The molecule has 3 aromatic rings. The van der Waals surface area contributed by atoms with Crippen LogP contribution in [0.2, 0.25) is 0 Å². The Morgan fingerprint density at radius 2 is 1.96 bits per heavy atom. The minimum Gasteiger partial charge on any atom is -0.480 e. The van der Waals surface area contributed by atoms with Crippen LogP contribution in [0.15, 0.2) is 42.5 Å². The molecule has 0 radical (unpaired) electrons. The standard InChI is InChI=1S/C18H16N4O4/c1-10(17(23)24)19-16-12-4-2-3-5-13(12)21-18(22-16)20-11-6-7-14-15(8-11)26-9-25-14/h2-8,10H,9H2,1H3,(H,23,24)(H2,19,20,21,22). The number of nitrogens with zero attached hydrogens (tertiary/aromatic N) is 2. The van der Waals surface area contributed by atoms with E-state index in [9.17, 15) is 4.79 Å². The average molecular weight is 352 g/mol. The monoisotopic (exact) mass is 352 g/mol. The number of hydrogen-bond acceptors (Lipinski definition) is 7. The second kappa shape index (κ2) is 6.40. The van der Waals surface area contributed by atoms with Crippen LogP contribution in [0.3, 0.4) is 0 Å². The second-order valence-corrected chi connectivity index (χ2v) is 5.81. The summed E-state index contributed by atoms with van der Waals surface area (Å²) in [4.78, 5) is 20.1. The molecule has 1 aromatic heterocycles. The van der Waals surface area contributed by atoms with Gasteiger partial charge in [0.1, 0.15) is 11.9 Å². The Bertz CT molecular complexity index is 992. The molecule has 8 nitrogen and oxygen atoms in total. The van der Waals surface area contributed by atoms with E-state index in [2.05, 4.69) is 20.6 Å². The molecule has 0 saturated carbocycles. The summed E-state index contributed by atoms with van der Waals surface area (Å²) in [5.41, 5.74) is 1.44. The highest BCUT2D eigenvalue weighted by Gasteiger charge is 2.16. The van der Waals surface area contributed by atoms with Crippen molar-refractivity contribution in [2.24, 2.45) is 0 Å². The number of carboxylic acid groups (broad SMARTS) is 1. The van der Waals surface area contributed by atoms with Crippen molar-refractivity contribution in [3.63, 3.8) is 0 Å². The van der Waals surface area contributed by atoms with E-state index in [0.717, 1.165) is 11.1 Å². The third-order valence-electron chi connectivity index (χ3n) is 3.96. The molecule has 0 bridgehead atoms. The number of rotatable bonds is 5. The molecule has 132 valence electrons. The van der Waals surface area contributed by atoms with Gasteiger partial charge < -0.3 is 25.2 Å². The summed E-state index contributed by atoms with van der Waals surface area (Å²) in [6, 6.07) is 12.1. The highest BCUT2D eigenvalue weighted by atomic mass is 16.7. The van der Waals surface area contributed by atoms with Crippen LogP contribution < -0.4 is 20.1 Å². The van der Waals surface area contributed by atoms with Gasteiger partial charge in [0.05, 0.1) is 5.52 Å². The molecular formula is C18H16N4O4. The number of carboxylic acids is 1. The van der Waals surface area contributed by atoms with Crippen LogP contribution >= 0.6 is 0 Å². The second-order valence-electron chi connectivity index (χ2n) is 5.81. The van der Waals surface area contributed by atoms with Gasteiger partial charge in [-0.25, -0.2) is 4.98 Å². The topological polar surface area (TPSA) is 106 Å². The summed E-state index contributed by atoms with van der Waals surface area (Å²) in [6.45, 7) is 1.76. The Hall–Kier alpha value is -3.55. The van der Waals surface area contributed by atoms with Crippen molar-refractivity contribution in [2.75, 3.05) is 17.4 Å². The summed E-state index contributed by atoms with van der Waals surface area (Å²) < 4.78 is 10.7. The molecule has 1 atom stereocenters. The fourth-order valence-electron chi connectivity index (χ4n) is 2.61. The van der Waals surface area contributed by atoms with Crippen molar-refractivity contribution in [3.05, 3.63) is 42.5 Å². The van der Waals surface area contributed by atoms with E-state index in [1.165, 1.54) is 0 Å². The maximum atomic E-state index is 11.2. The van der Waals surface area contributed by atoms with Crippen LogP contribution in [0.4, 0.5) is 17.5 Å². The molecule has 0 saturated heterocycles. The Balaban J connectivity index is 1.69. The van der Waals surface area contributed by atoms with Gasteiger partial charge in [0.2, 0.25) is 12.7 Å². The molecule has 0 aliphatic carbocycles. The molecule has 0 amide bonds. The molecule has 2 heterocycles. The summed E-state index contributed by atoms with van der Waals surface area (Å²) in [7, 11) is 0. The minimum atomic E-state index is -0.960. The first-order valence-corrected chi connectivity index (χ1v) is 8.03. The zero-order valence-corrected chi connectivity index (χ0v) is 13.9. The zero-order chi connectivity index (χ0) is 18.1. The highest BCUT2D eigenvalue weighted by molar-refractivity contribution is 5.92. The number of hydrogen-bond donors (Lipinski definition) is 3. The van der Waals surface area contributed by atoms with Gasteiger partial charge in [-0.15, -0.1) is 0 Å². The molecule has 1 aliphatic rings. The van der Waals surface area contributed by atoms with Gasteiger partial charge in [-0.05, 0) is 31.2 Å². The van der Waals surface area contributed by atoms with E-state index in [4.69, 9.17) is 14.6 Å². The summed E-state index contributed by atoms with van der Waals surface area (Å²) in [6.07, 6.45) is 0. The number of aliphatic carboxylic acids is 1. The van der Waals surface area contributed by atoms with Crippen molar-refractivity contribution >= 4 is 34.3 Å². The first-order valence-electron chi connectivity index (χ1n) is 8.03. The van der Waals surface area contributed by atoms with Gasteiger partial charge in [0.15, 0.2) is 11.5 Å². The molecule has 2 aromatic carbocycles. The summed E-state index contributed by atoms with van der Waals surface area (Å²) in [5, 5.41) is 15.9. The number of carbonyl (C=O) groups is 1. The number of anilines is 3. The van der Waals surface area contributed by atoms with Gasteiger partial charge >= 0.3 is 5.97 Å². The first kappa shape index (κ1) is 15.9. The fraction of sp³-hybridized carbons (Fsp3) is 0.167. The average Bonchev–Trinajstić information content (AvgIpc) is 3.09. The van der Waals surface area contributed by atoms with E-state index in [-0.39, 0.29) is 6.79 Å². The van der Waals surface area contributed by atoms with Crippen LogP contribution in [0, 0.1) is 0 Å². The van der Waals surface area contributed by atoms with Crippen LogP contribution in [0.5, 0.6) is 11.5 Å². The fourth-order valence-corrected chi connectivity index (χ4v) is 2.61. The number of aromatic nitrogens is 2. The SMILES string of the molecule is CC(Nc1nc(Nc2ccc3c(c2)OCO3)nc2ccccc12)C(=O)O. The predicted octanol–water partition coefficient (Wildman–Crippen LogP) is 2.99. The number of benzene rings is 2. The number of para-hydroxylation sites is 1. The van der Waals surface area contributed by atoms with E-state index >= 15 is 0 Å². The normalized spacial score (nSPS) is 13.4. The van der Waals surface area contributed by atoms with Gasteiger partial charge in [0.25, 0.3) is 0 Å². The zero-order valence-electron chi connectivity index (χ0n) is 13.9. The van der Waals surface area contributed by atoms with E-state index in [0.29, 0.717) is 28.8 Å². The Morgan fingerprint density at radius 1 is 1.15 bits per heavy atom. The number of fused-ring (bicyclic) bond motifs is 2. The Morgan fingerprint density at radius 3 is 2.81 bits per heavy atom. The molecule has 1 unspecified atom stereocenters. The smallest absolute Gasteiger partial charge is 0.325 e. The number of nitrogens with one attached hydrogen (secondary N) is 2. The maximum Gasteiger partial charge on any atom is 0.325 e. The minimum absolute atomic E-state index is 0.201. The largest absolute Gasteiger partial charge is 0.480 e. The molecule has 3 N–H and O–H groups in total. The van der Waals surface area contributed by atoms with E-state index < -0.39 is 12.0 Å². The first-order chi connectivity index (χ1) is 12.6. The molecule has 1 aliphatic heterocycles. The molecule has 0 fully saturated rings. The number of ether oxygens (including phenoxy) is 2. The summed E-state index contributed by atoms with van der Waals surface area (Å²) in [5.74, 6) is 1.18. The molecule has 8 heteroatoms. The van der Waals surface area contributed by atoms with Crippen LogP contribution in [0.1, 0.15) is 6.92 Å². The molecule has 4 rings (SSSR count). The Kier molecular flexibility index (Phi) is 3.92. The van der Waals surface area contributed by atoms with E-state index in [1.54, 1.807) is 19.1 Å². The lowest BCUT2D eigenvalue weighted by Crippen LogP contribution is -2.26. The van der Waals surface area contributed by atoms with Crippen LogP contribution in [0.25, 0.3) is 10.9 Å². The van der Waals surface area contributed by atoms with Crippen molar-refractivity contribution in [2.45, 2.75) is 13.0 Å². The van der Waals surface area contributed by atoms with Crippen molar-refractivity contribution < 1.29 is 19.4 Å². The van der Waals surface area contributed by atoms with Gasteiger partial charge in [0, 0.05) is 17.1 Å². The van der Waals surface area contributed by atoms with Crippen LogP contribution in [-0.4, -0.2) is 33.9 Å². The third-order valence-corrected chi connectivity index (χ3v) is 3.96. The van der Waals surface area contributed by atoms with Crippen molar-refractivity contribution in [1.82, 2.24) is 9.97 Å². The lowest BCUT2D eigenvalue weighted by Gasteiger charge is -2.14. The highest BCUT2D eigenvalue weighted by Crippen LogP contribution is 2.35. The lowest BCUT2D eigenvalue weighted by molar-refractivity contribution is -0.137. The molecular weight excluding hydrogens is 336 g/mol. The van der Waals surface area contributed by atoms with Gasteiger partial charge in [-0.1, -0.05) is 12.1 Å². The van der Waals surface area contributed by atoms with Crippen molar-refractivity contribution in [1.29, 1.82) is 0 Å². The van der Waals surface area contributed by atoms with Gasteiger partial charge in [-0.2, -0.15) is 4.98 Å². The van der Waals surface area contributed by atoms with Gasteiger partial charge in [-0.3, -0.25) is 4.79 Å². The Labute approximate surface area is 148 Å². The molecule has 0 spiro atoms.